The molecule has 5 rings (SSSR count). The van der Waals surface area contributed by atoms with E-state index in [1.807, 2.05) is 12.1 Å². The quantitative estimate of drug-likeness (QED) is 0.577. The zero-order valence-electron chi connectivity index (χ0n) is 19.5. The van der Waals surface area contributed by atoms with Crippen LogP contribution >= 0.6 is 0 Å². The fourth-order valence-electron chi connectivity index (χ4n) is 5.22. The second kappa shape index (κ2) is 9.33. The minimum atomic E-state index is -0.462. The fraction of sp³-hybridized carbons (Fsp3) is 0.500. The number of alkyl halides is 1. The van der Waals surface area contributed by atoms with Crippen LogP contribution in [0.3, 0.4) is 0 Å². The SMILES string of the molecule is CC(CO)c1nn2c(=O)cc(-c3ccc(C4CCCCC4)cc3)[nH]c2c1C(=O)N1CC(CF)C1. The van der Waals surface area contributed by atoms with E-state index in [0.717, 1.165) is 5.56 Å². The lowest BCUT2D eigenvalue weighted by molar-refractivity contribution is 0.0452. The molecular weight excluding hydrogens is 435 g/mol. The van der Waals surface area contributed by atoms with Crippen LogP contribution in [0.5, 0.6) is 0 Å². The van der Waals surface area contributed by atoms with Crippen molar-refractivity contribution in [2.45, 2.75) is 50.9 Å². The van der Waals surface area contributed by atoms with Crippen molar-refractivity contribution < 1.29 is 14.3 Å². The molecule has 0 spiro atoms. The summed E-state index contributed by atoms with van der Waals surface area (Å²) in [5.41, 5.74) is 3.39. The number of benzene rings is 1. The number of aliphatic hydroxyl groups is 1. The molecule has 34 heavy (non-hydrogen) atoms. The Morgan fingerprint density at radius 1 is 1.21 bits per heavy atom. The molecule has 180 valence electrons. The summed E-state index contributed by atoms with van der Waals surface area (Å²) in [6.07, 6.45) is 6.28. The molecule has 0 bridgehead atoms. The Morgan fingerprint density at radius 3 is 2.56 bits per heavy atom. The van der Waals surface area contributed by atoms with Gasteiger partial charge in [-0.3, -0.25) is 14.0 Å². The summed E-state index contributed by atoms with van der Waals surface area (Å²) in [7, 11) is 0. The number of carbonyl (C=O) groups excluding carboxylic acids is 1. The van der Waals surface area contributed by atoms with E-state index in [4.69, 9.17) is 0 Å². The Morgan fingerprint density at radius 2 is 1.91 bits per heavy atom. The fourth-order valence-corrected chi connectivity index (χ4v) is 5.22. The minimum Gasteiger partial charge on any atom is -0.396 e. The van der Waals surface area contributed by atoms with Crippen molar-refractivity contribution in [3.63, 3.8) is 0 Å². The summed E-state index contributed by atoms with van der Waals surface area (Å²) in [5.74, 6) is -0.282. The molecule has 1 aromatic carbocycles. The molecule has 1 saturated heterocycles. The molecule has 1 aliphatic carbocycles. The van der Waals surface area contributed by atoms with Gasteiger partial charge in [0.1, 0.15) is 5.56 Å². The van der Waals surface area contributed by atoms with Crippen LogP contribution in [0.2, 0.25) is 0 Å². The molecule has 1 aliphatic heterocycles. The van der Waals surface area contributed by atoms with Crippen molar-refractivity contribution in [2.75, 3.05) is 26.4 Å². The monoisotopic (exact) mass is 466 g/mol. The average Bonchev–Trinajstić information content (AvgIpc) is 3.23. The van der Waals surface area contributed by atoms with E-state index in [2.05, 4.69) is 22.2 Å². The van der Waals surface area contributed by atoms with Gasteiger partial charge in [-0.25, -0.2) is 0 Å². The number of aliphatic hydroxyl groups excluding tert-OH is 1. The maximum atomic E-state index is 13.3. The maximum absolute atomic E-state index is 13.3. The van der Waals surface area contributed by atoms with Crippen molar-refractivity contribution in [3.8, 4) is 11.3 Å². The van der Waals surface area contributed by atoms with Crippen molar-refractivity contribution >= 4 is 11.6 Å². The third-order valence-electron chi connectivity index (χ3n) is 7.36. The van der Waals surface area contributed by atoms with E-state index in [1.165, 1.54) is 48.2 Å². The normalized spacial score (nSPS) is 18.3. The number of rotatable bonds is 6. The predicted octanol–water partition coefficient (Wildman–Crippen LogP) is 3.87. The first-order valence-electron chi connectivity index (χ1n) is 12.2. The lowest BCUT2D eigenvalue weighted by Crippen LogP contribution is -2.51. The zero-order chi connectivity index (χ0) is 23.8. The highest BCUT2D eigenvalue weighted by Gasteiger charge is 2.35. The summed E-state index contributed by atoms with van der Waals surface area (Å²) >= 11 is 0. The van der Waals surface area contributed by atoms with Gasteiger partial charge in [-0.1, -0.05) is 50.5 Å². The van der Waals surface area contributed by atoms with E-state index in [0.29, 0.717) is 36.0 Å². The zero-order valence-corrected chi connectivity index (χ0v) is 19.5. The van der Waals surface area contributed by atoms with Crippen molar-refractivity contribution in [1.82, 2.24) is 19.5 Å². The van der Waals surface area contributed by atoms with E-state index >= 15 is 0 Å². The van der Waals surface area contributed by atoms with E-state index in [1.54, 1.807) is 11.8 Å². The van der Waals surface area contributed by atoms with Gasteiger partial charge in [-0.2, -0.15) is 9.61 Å². The number of hydrogen-bond donors (Lipinski definition) is 2. The number of fused-ring (bicyclic) bond motifs is 1. The molecule has 1 saturated carbocycles. The number of nitrogens with zero attached hydrogens (tertiary/aromatic N) is 3. The third kappa shape index (κ3) is 4.04. The minimum absolute atomic E-state index is 0.151. The van der Waals surface area contributed by atoms with Crippen LogP contribution in [0, 0.1) is 5.92 Å². The lowest BCUT2D eigenvalue weighted by atomic mass is 9.84. The molecule has 3 aromatic rings. The van der Waals surface area contributed by atoms with E-state index < -0.39 is 12.6 Å². The Hall–Kier alpha value is -3.00. The standard InChI is InChI=1S/C26H31FN4O3/c1-16(15-32)24-23(26(34)30-13-17(12-27)14-30)25-28-21(11-22(33)31(25)29-24)20-9-7-19(8-10-20)18-5-3-2-4-6-18/h7-11,16-18,28,32H,2-6,12-15H2,1H3. The third-order valence-corrected chi connectivity index (χ3v) is 7.36. The molecule has 1 atom stereocenters. The van der Waals surface area contributed by atoms with Crippen LogP contribution in [0.15, 0.2) is 35.1 Å². The Bertz CT molecular complexity index is 1240. The number of H-pyrrole nitrogens is 1. The highest BCUT2D eigenvalue weighted by Crippen LogP contribution is 2.33. The number of amides is 1. The van der Waals surface area contributed by atoms with Crippen molar-refractivity contribution in [2.24, 2.45) is 5.92 Å². The molecular formula is C26H31FN4O3. The number of halogens is 1. The molecule has 8 heteroatoms. The number of carbonyl (C=O) groups is 1. The van der Waals surface area contributed by atoms with Crippen LogP contribution in [0.25, 0.3) is 16.9 Å². The first-order chi connectivity index (χ1) is 16.5. The second-order valence-corrected chi connectivity index (χ2v) is 9.81. The van der Waals surface area contributed by atoms with Gasteiger partial charge in [0, 0.05) is 31.0 Å². The largest absolute Gasteiger partial charge is 0.396 e. The summed E-state index contributed by atoms with van der Waals surface area (Å²) in [4.78, 5) is 31.1. The van der Waals surface area contributed by atoms with Gasteiger partial charge in [0.25, 0.3) is 11.5 Å². The summed E-state index contributed by atoms with van der Waals surface area (Å²) < 4.78 is 14.1. The first kappa shape index (κ1) is 22.8. The van der Waals surface area contributed by atoms with Gasteiger partial charge in [0.15, 0.2) is 5.65 Å². The average molecular weight is 467 g/mol. The lowest BCUT2D eigenvalue weighted by Gasteiger charge is -2.37. The molecule has 0 radical (unpaired) electrons. The van der Waals surface area contributed by atoms with E-state index in [-0.39, 0.29) is 29.6 Å². The molecule has 7 nitrogen and oxygen atoms in total. The van der Waals surface area contributed by atoms with E-state index in [9.17, 15) is 19.1 Å². The van der Waals surface area contributed by atoms with Crippen LogP contribution in [0.4, 0.5) is 4.39 Å². The summed E-state index contributed by atoms with van der Waals surface area (Å²) in [6, 6.07) is 9.78. The van der Waals surface area contributed by atoms with Crippen LogP contribution < -0.4 is 5.56 Å². The van der Waals surface area contributed by atoms with Gasteiger partial charge in [-0.05, 0) is 29.9 Å². The van der Waals surface area contributed by atoms with Crippen LogP contribution in [0.1, 0.15) is 72.5 Å². The Labute approximate surface area is 197 Å². The predicted molar refractivity (Wildman–Crippen MR) is 128 cm³/mol. The van der Waals surface area contributed by atoms with Gasteiger partial charge < -0.3 is 15.0 Å². The molecule has 1 unspecified atom stereocenters. The molecule has 2 N–H and O–H groups in total. The molecule has 2 aromatic heterocycles. The second-order valence-electron chi connectivity index (χ2n) is 9.81. The number of aromatic amines is 1. The topological polar surface area (TPSA) is 90.7 Å². The molecule has 2 aliphatic rings. The van der Waals surface area contributed by atoms with Gasteiger partial charge in [0.2, 0.25) is 0 Å². The van der Waals surface area contributed by atoms with Gasteiger partial charge in [-0.15, -0.1) is 0 Å². The summed E-state index contributed by atoms with van der Waals surface area (Å²) in [6.45, 7) is 1.77. The molecule has 3 heterocycles. The Balaban J connectivity index is 1.54. The van der Waals surface area contributed by atoms with Gasteiger partial charge in [0.05, 0.1) is 24.7 Å². The summed E-state index contributed by atoms with van der Waals surface area (Å²) in [5, 5.41) is 14.1. The number of aromatic nitrogens is 3. The highest BCUT2D eigenvalue weighted by atomic mass is 19.1. The first-order valence-corrected chi connectivity index (χ1v) is 12.2. The smallest absolute Gasteiger partial charge is 0.274 e. The number of likely N-dealkylation sites (tertiary alicyclic amines) is 1. The van der Waals surface area contributed by atoms with Crippen molar-refractivity contribution in [1.29, 1.82) is 0 Å². The highest BCUT2D eigenvalue weighted by molar-refractivity contribution is 6.01. The van der Waals surface area contributed by atoms with Crippen LogP contribution in [-0.2, 0) is 0 Å². The van der Waals surface area contributed by atoms with Crippen LogP contribution in [-0.4, -0.2) is 56.9 Å². The molecule has 1 amide bonds. The Kier molecular flexibility index (Phi) is 6.25. The number of hydrogen-bond acceptors (Lipinski definition) is 4. The molecule has 2 fully saturated rings. The van der Waals surface area contributed by atoms with Crippen molar-refractivity contribution in [3.05, 3.63) is 57.5 Å². The number of nitrogens with one attached hydrogen (secondary N) is 1. The van der Waals surface area contributed by atoms with Gasteiger partial charge >= 0.3 is 0 Å². The maximum Gasteiger partial charge on any atom is 0.274 e.